The molecule has 1 rings (SSSR count). The molecule has 0 spiro atoms. The van der Waals surface area contributed by atoms with Gasteiger partial charge in [0.05, 0.1) is 6.42 Å². The van der Waals surface area contributed by atoms with Gasteiger partial charge in [0, 0.05) is 0 Å². The number of hydrogen-bond acceptors (Lipinski definition) is 4. The number of benzene rings is 1. The van der Waals surface area contributed by atoms with E-state index >= 15 is 0 Å². The largest absolute Gasteiger partial charge is 0.461 e. The second-order valence-electron chi connectivity index (χ2n) is 3.24. The van der Waals surface area contributed by atoms with Crippen molar-refractivity contribution < 1.29 is 19.2 Å². The highest BCUT2D eigenvalue weighted by Crippen LogP contribution is 2.19. The Labute approximate surface area is 95.0 Å². The van der Waals surface area contributed by atoms with Gasteiger partial charge >= 0.3 is 13.8 Å². The molecule has 0 saturated carbocycles. The van der Waals surface area contributed by atoms with E-state index in [0.717, 1.165) is 5.56 Å². The van der Waals surface area contributed by atoms with Gasteiger partial charge < -0.3 is 9.84 Å². The van der Waals surface area contributed by atoms with E-state index in [9.17, 15) is 9.36 Å². The second-order valence-corrected chi connectivity index (χ2v) is 4.94. The van der Waals surface area contributed by atoms with Gasteiger partial charge in [0.2, 0.25) is 6.35 Å². The van der Waals surface area contributed by atoms with E-state index in [0.29, 0.717) is 0 Å². The smallest absolute Gasteiger partial charge is 0.367 e. The molecule has 1 aromatic carbocycles. The van der Waals surface area contributed by atoms with Gasteiger partial charge in [-0.25, -0.2) is 0 Å². The average Bonchev–Trinajstić information content (AvgIpc) is 2.34. The van der Waals surface area contributed by atoms with Gasteiger partial charge in [-0.3, -0.25) is 4.79 Å². The maximum absolute atomic E-state index is 11.2. The fourth-order valence-electron chi connectivity index (χ4n) is 1.10. The molecule has 16 heavy (non-hydrogen) atoms. The molecule has 0 radical (unpaired) electrons. The number of hydrogen-bond donors (Lipinski definition) is 1. The standard InChI is InChI=1S/C11H14O4P/c12-9-16(14)7-6-11(13)15-8-10-4-2-1-3-5-10/h1-5,12H,6-9H2/q+1. The van der Waals surface area contributed by atoms with Crippen molar-refractivity contribution in [2.24, 2.45) is 0 Å². The summed E-state index contributed by atoms with van der Waals surface area (Å²) in [6.07, 6.45) is -0.108. The van der Waals surface area contributed by atoms with Crippen molar-refractivity contribution in [3.63, 3.8) is 0 Å². The fourth-order valence-corrected chi connectivity index (χ4v) is 1.67. The molecule has 0 aliphatic heterocycles. The lowest BCUT2D eigenvalue weighted by molar-refractivity contribution is -0.144. The molecule has 0 aliphatic carbocycles. The number of rotatable bonds is 6. The molecule has 0 heterocycles. The van der Waals surface area contributed by atoms with Gasteiger partial charge in [-0.1, -0.05) is 34.9 Å². The van der Waals surface area contributed by atoms with E-state index in [1.54, 1.807) is 0 Å². The number of aliphatic hydroxyl groups is 1. The predicted octanol–water partition coefficient (Wildman–Crippen LogP) is 1.90. The summed E-state index contributed by atoms with van der Waals surface area (Å²) in [5.41, 5.74) is 0.919. The molecule has 1 atom stereocenters. The predicted molar refractivity (Wildman–Crippen MR) is 60.4 cm³/mol. The highest BCUT2D eigenvalue weighted by atomic mass is 31.1. The van der Waals surface area contributed by atoms with E-state index in [1.807, 2.05) is 30.3 Å². The number of esters is 1. The molecule has 0 amide bonds. The van der Waals surface area contributed by atoms with Crippen LogP contribution in [0.15, 0.2) is 30.3 Å². The lowest BCUT2D eigenvalue weighted by Crippen LogP contribution is -2.05. The number of carbonyl (C=O) groups is 1. The van der Waals surface area contributed by atoms with Crippen LogP contribution in [0.1, 0.15) is 12.0 Å². The highest BCUT2D eigenvalue weighted by molar-refractivity contribution is 7.44. The first-order valence-electron chi connectivity index (χ1n) is 4.95. The molecular formula is C11H14O4P+. The molecule has 0 saturated heterocycles. The van der Waals surface area contributed by atoms with Crippen LogP contribution in [0.2, 0.25) is 0 Å². The topological polar surface area (TPSA) is 63.6 Å². The molecule has 0 bridgehead atoms. The Morgan fingerprint density at radius 1 is 1.31 bits per heavy atom. The third-order valence-electron chi connectivity index (χ3n) is 1.97. The van der Waals surface area contributed by atoms with Gasteiger partial charge in [0.1, 0.15) is 6.61 Å². The Bertz CT molecular complexity index is 350. The molecule has 1 unspecified atom stereocenters. The summed E-state index contributed by atoms with van der Waals surface area (Å²) < 4.78 is 15.9. The Balaban J connectivity index is 2.23. The highest BCUT2D eigenvalue weighted by Gasteiger charge is 2.16. The van der Waals surface area contributed by atoms with Crippen LogP contribution in [0, 0.1) is 0 Å². The van der Waals surface area contributed by atoms with Crippen LogP contribution in [0.3, 0.4) is 0 Å². The van der Waals surface area contributed by atoms with E-state index in [2.05, 4.69) is 0 Å². The normalized spacial score (nSPS) is 10.9. The molecule has 0 aliphatic rings. The summed E-state index contributed by atoms with van der Waals surface area (Å²) in [4.78, 5) is 11.2. The van der Waals surface area contributed by atoms with Crippen molar-refractivity contribution in [1.82, 2.24) is 0 Å². The monoisotopic (exact) mass is 241 g/mol. The van der Waals surface area contributed by atoms with E-state index in [1.165, 1.54) is 0 Å². The summed E-state index contributed by atoms with van der Waals surface area (Å²) in [6, 6.07) is 9.35. The molecule has 1 N–H and O–H groups in total. The number of carbonyl (C=O) groups excluding carboxylic acids is 1. The Kier molecular flexibility index (Phi) is 5.68. The molecular weight excluding hydrogens is 227 g/mol. The van der Waals surface area contributed by atoms with Crippen molar-refractivity contribution in [3.05, 3.63) is 35.9 Å². The van der Waals surface area contributed by atoms with E-state index in [-0.39, 0.29) is 31.5 Å². The van der Waals surface area contributed by atoms with Crippen molar-refractivity contribution in [2.45, 2.75) is 13.0 Å². The van der Waals surface area contributed by atoms with Crippen LogP contribution < -0.4 is 0 Å². The zero-order valence-electron chi connectivity index (χ0n) is 8.83. The average molecular weight is 241 g/mol. The minimum atomic E-state index is -1.67. The minimum Gasteiger partial charge on any atom is -0.461 e. The number of ether oxygens (including phenoxy) is 1. The molecule has 5 heteroatoms. The third-order valence-corrected chi connectivity index (χ3v) is 3.00. The van der Waals surface area contributed by atoms with Crippen LogP contribution in [-0.4, -0.2) is 23.6 Å². The number of aliphatic hydroxyl groups excluding tert-OH is 1. The van der Waals surface area contributed by atoms with Crippen LogP contribution in [0.5, 0.6) is 0 Å². The van der Waals surface area contributed by atoms with Crippen LogP contribution >= 0.6 is 7.80 Å². The molecule has 1 aromatic rings. The van der Waals surface area contributed by atoms with Crippen LogP contribution in [0.4, 0.5) is 0 Å². The zero-order valence-corrected chi connectivity index (χ0v) is 9.73. The van der Waals surface area contributed by atoms with Crippen molar-refractivity contribution >= 4 is 13.8 Å². The van der Waals surface area contributed by atoms with Gasteiger partial charge in [-0.15, -0.1) is 0 Å². The first-order valence-corrected chi connectivity index (χ1v) is 6.58. The first kappa shape index (κ1) is 12.8. The molecule has 86 valence electrons. The third kappa shape index (κ3) is 5.01. The zero-order chi connectivity index (χ0) is 11.8. The quantitative estimate of drug-likeness (QED) is 0.610. The minimum absolute atomic E-state index is 0.0859. The second kappa shape index (κ2) is 7.09. The Hall–Kier alpha value is -1.25. The summed E-state index contributed by atoms with van der Waals surface area (Å²) in [6.45, 7) is 0.232. The molecule has 4 nitrogen and oxygen atoms in total. The molecule has 0 fully saturated rings. The van der Waals surface area contributed by atoms with Gasteiger partial charge in [-0.2, -0.15) is 0 Å². The van der Waals surface area contributed by atoms with Crippen LogP contribution in [-0.2, 0) is 20.7 Å². The summed E-state index contributed by atoms with van der Waals surface area (Å²) in [5, 5.41) is 8.52. The lowest BCUT2D eigenvalue weighted by atomic mass is 10.2. The van der Waals surface area contributed by atoms with Crippen molar-refractivity contribution in [3.8, 4) is 0 Å². The van der Waals surface area contributed by atoms with Crippen LogP contribution in [0.25, 0.3) is 0 Å². The van der Waals surface area contributed by atoms with Gasteiger partial charge in [0.25, 0.3) is 0 Å². The molecule has 0 aromatic heterocycles. The summed E-state index contributed by atoms with van der Waals surface area (Å²) in [7, 11) is -1.67. The van der Waals surface area contributed by atoms with Crippen molar-refractivity contribution in [2.75, 3.05) is 12.5 Å². The summed E-state index contributed by atoms with van der Waals surface area (Å²) >= 11 is 0. The Morgan fingerprint density at radius 3 is 2.62 bits per heavy atom. The fraction of sp³-hybridized carbons (Fsp3) is 0.364. The maximum atomic E-state index is 11.2. The Morgan fingerprint density at radius 2 is 2.00 bits per heavy atom. The van der Waals surface area contributed by atoms with E-state index in [4.69, 9.17) is 9.84 Å². The van der Waals surface area contributed by atoms with Gasteiger partial charge in [0.15, 0.2) is 6.16 Å². The first-order chi connectivity index (χ1) is 7.72. The summed E-state index contributed by atoms with van der Waals surface area (Å²) in [5.74, 6) is -0.388. The van der Waals surface area contributed by atoms with Gasteiger partial charge in [-0.05, 0) is 5.56 Å². The maximum Gasteiger partial charge on any atom is 0.367 e. The SMILES string of the molecule is O=C(CC[P+](=O)CO)OCc1ccccc1. The van der Waals surface area contributed by atoms with E-state index < -0.39 is 7.80 Å². The lowest BCUT2D eigenvalue weighted by Gasteiger charge is -2.02. The van der Waals surface area contributed by atoms with Crippen molar-refractivity contribution in [1.29, 1.82) is 0 Å².